The average Bonchev–Trinajstić information content (AvgIpc) is 2.99. The first kappa shape index (κ1) is 13.5. The zero-order valence-electron chi connectivity index (χ0n) is 10.6. The number of aromatic nitrogens is 5. The lowest BCUT2D eigenvalue weighted by atomic mass is 10.5. The van der Waals surface area contributed by atoms with Crippen molar-refractivity contribution < 1.29 is 14.7 Å². The summed E-state index contributed by atoms with van der Waals surface area (Å²) in [6.07, 6.45) is 3.00. The number of anilines is 1. The van der Waals surface area contributed by atoms with Gasteiger partial charge in [0.2, 0.25) is 0 Å². The molecule has 0 aliphatic heterocycles. The number of carbonyl (C=O) groups excluding carboxylic acids is 1. The van der Waals surface area contributed by atoms with E-state index in [2.05, 4.69) is 26.0 Å². The van der Waals surface area contributed by atoms with Crippen molar-refractivity contribution in [3.63, 3.8) is 0 Å². The second kappa shape index (κ2) is 5.82. The molecule has 0 aromatic carbocycles. The fourth-order valence-corrected chi connectivity index (χ4v) is 1.43. The van der Waals surface area contributed by atoms with E-state index in [1.807, 2.05) is 0 Å². The van der Waals surface area contributed by atoms with Gasteiger partial charge in [0, 0.05) is 25.9 Å². The van der Waals surface area contributed by atoms with E-state index in [0.717, 1.165) is 0 Å². The van der Waals surface area contributed by atoms with Gasteiger partial charge < -0.3 is 10.4 Å². The summed E-state index contributed by atoms with van der Waals surface area (Å²) < 4.78 is 2.91. The number of carboxylic acids is 1. The Hall–Kier alpha value is -2.91. The van der Waals surface area contributed by atoms with Gasteiger partial charge in [-0.25, -0.2) is 14.3 Å². The van der Waals surface area contributed by atoms with E-state index in [0.29, 0.717) is 12.4 Å². The van der Waals surface area contributed by atoms with Crippen LogP contribution >= 0.6 is 0 Å². The number of rotatable bonds is 5. The van der Waals surface area contributed by atoms with Gasteiger partial charge in [0.25, 0.3) is 0 Å². The summed E-state index contributed by atoms with van der Waals surface area (Å²) in [5, 5.41) is 24.9. The molecule has 0 atom stereocenters. The van der Waals surface area contributed by atoms with Gasteiger partial charge in [-0.1, -0.05) is 5.21 Å². The summed E-state index contributed by atoms with van der Waals surface area (Å²) in [6, 6.07) is 1.26. The highest BCUT2D eigenvalue weighted by molar-refractivity contribution is 5.88. The molecule has 0 fully saturated rings. The van der Waals surface area contributed by atoms with Gasteiger partial charge in [0.15, 0.2) is 11.5 Å². The molecular weight excluding hydrogens is 266 g/mol. The van der Waals surface area contributed by atoms with E-state index in [-0.39, 0.29) is 12.2 Å². The second-order valence-corrected chi connectivity index (χ2v) is 3.93. The Morgan fingerprint density at radius 2 is 2.25 bits per heavy atom. The van der Waals surface area contributed by atoms with Crippen molar-refractivity contribution in [1.82, 2.24) is 30.1 Å². The highest BCUT2D eigenvalue weighted by atomic mass is 16.4. The molecule has 3 N–H and O–H groups in total. The lowest BCUT2D eigenvalue weighted by Gasteiger charge is -2.05. The van der Waals surface area contributed by atoms with Crippen LogP contribution in [0.2, 0.25) is 0 Å². The minimum absolute atomic E-state index is 0.136. The molecule has 0 saturated heterocycles. The van der Waals surface area contributed by atoms with E-state index in [9.17, 15) is 9.59 Å². The van der Waals surface area contributed by atoms with Crippen LogP contribution < -0.4 is 10.6 Å². The first-order valence-electron chi connectivity index (χ1n) is 5.72. The number of aryl methyl sites for hydroxylation is 1. The maximum atomic E-state index is 11.5. The molecule has 0 aliphatic rings. The summed E-state index contributed by atoms with van der Waals surface area (Å²) in [6.45, 7) is 0.594. The van der Waals surface area contributed by atoms with Gasteiger partial charge in [-0.15, -0.1) is 5.10 Å². The summed E-state index contributed by atoms with van der Waals surface area (Å²) >= 11 is 0. The fraction of sp³-hybridized carbons (Fsp3) is 0.300. The third-order valence-corrected chi connectivity index (χ3v) is 2.34. The van der Waals surface area contributed by atoms with Crippen molar-refractivity contribution in [2.45, 2.75) is 6.54 Å². The molecule has 0 unspecified atom stereocenters. The van der Waals surface area contributed by atoms with E-state index >= 15 is 0 Å². The molecule has 0 saturated carbocycles. The van der Waals surface area contributed by atoms with Crippen molar-refractivity contribution in [2.75, 3.05) is 11.9 Å². The topological polar surface area (TPSA) is 127 Å². The molecule has 10 heteroatoms. The maximum Gasteiger partial charge on any atom is 0.358 e. The number of hydrogen-bond acceptors (Lipinski definition) is 5. The zero-order chi connectivity index (χ0) is 14.5. The Morgan fingerprint density at radius 3 is 2.85 bits per heavy atom. The first-order chi connectivity index (χ1) is 9.54. The van der Waals surface area contributed by atoms with E-state index in [4.69, 9.17) is 5.11 Å². The number of hydrogen-bond donors (Lipinski definition) is 3. The minimum atomic E-state index is -1.14. The standard InChI is InChI=1S/C10H13N7O3/c1-16-4-2-8(14-16)12-10(20)11-3-5-17-6-7(9(18)19)13-15-17/h2,4,6H,3,5H2,1H3,(H,18,19)(H2,11,12,14,20). The van der Waals surface area contributed by atoms with Crippen molar-refractivity contribution in [3.05, 3.63) is 24.2 Å². The first-order valence-corrected chi connectivity index (χ1v) is 5.72. The lowest BCUT2D eigenvalue weighted by molar-refractivity contribution is 0.0690. The Labute approximate surface area is 113 Å². The Balaban J connectivity index is 1.74. The molecule has 2 aromatic rings. The Bertz CT molecular complexity index is 618. The van der Waals surface area contributed by atoms with Crippen molar-refractivity contribution in [3.8, 4) is 0 Å². The predicted molar refractivity (Wildman–Crippen MR) is 67.2 cm³/mol. The Kier molecular flexibility index (Phi) is 3.93. The van der Waals surface area contributed by atoms with Crippen LogP contribution in [0.4, 0.5) is 10.6 Å². The van der Waals surface area contributed by atoms with Gasteiger partial charge in [-0.05, 0) is 0 Å². The largest absolute Gasteiger partial charge is 0.476 e. The van der Waals surface area contributed by atoms with Gasteiger partial charge in [0.05, 0.1) is 12.7 Å². The summed E-state index contributed by atoms with van der Waals surface area (Å²) in [4.78, 5) is 22.1. The second-order valence-electron chi connectivity index (χ2n) is 3.93. The molecular formula is C10H13N7O3. The van der Waals surface area contributed by atoms with Crippen LogP contribution in [0, 0.1) is 0 Å². The molecule has 2 heterocycles. The van der Waals surface area contributed by atoms with Crippen molar-refractivity contribution in [2.24, 2.45) is 7.05 Å². The molecule has 0 radical (unpaired) electrons. The molecule has 20 heavy (non-hydrogen) atoms. The van der Waals surface area contributed by atoms with Crippen LogP contribution in [0.25, 0.3) is 0 Å². The van der Waals surface area contributed by atoms with Crippen LogP contribution in [0.15, 0.2) is 18.5 Å². The smallest absolute Gasteiger partial charge is 0.358 e. The fourth-order valence-electron chi connectivity index (χ4n) is 1.43. The van der Waals surface area contributed by atoms with Gasteiger partial charge in [-0.3, -0.25) is 10.00 Å². The van der Waals surface area contributed by atoms with E-state index < -0.39 is 12.0 Å². The van der Waals surface area contributed by atoms with Crippen molar-refractivity contribution >= 4 is 17.8 Å². The molecule has 10 nitrogen and oxygen atoms in total. The third kappa shape index (κ3) is 3.54. The lowest BCUT2D eigenvalue weighted by Crippen LogP contribution is -2.31. The SMILES string of the molecule is Cn1ccc(NC(=O)NCCn2cc(C(=O)O)nn2)n1. The molecule has 106 valence electrons. The van der Waals surface area contributed by atoms with Crippen LogP contribution in [-0.4, -0.2) is 48.4 Å². The molecule has 0 bridgehead atoms. The van der Waals surface area contributed by atoms with E-state index in [1.54, 1.807) is 24.0 Å². The van der Waals surface area contributed by atoms with E-state index in [1.165, 1.54) is 10.9 Å². The van der Waals surface area contributed by atoms with Gasteiger partial charge in [-0.2, -0.15) is 5.10 Å². The van der Waals surface area contributed by atoms with Crippen LogP contribution in [0.3, 0.4) is 0 Å². The van der Waals surface area contributed by atoms with Gasteiger partial charge >= 0.3 is 12.0 Å². The molecule has 0 spiro atoms. The predicted octanol–water partition coefficient (Wildman–Crippen LogP) is -0.469. The van der Waals surface area contributed by atoms with Crippen LogP contribution in [0.5, 0.6) is 0 Å². The maximum absolute atomic E-state index is 11.5. The number of nitrogens with zero attached hydrogens (tertiary/aromatic N) is 5. The van der Waals surface area contributed by atoms with Crippen molar-refractivity contribution in [1.29, 1.82) is 0 Å². The minimum Gasteiger partial charge on any atom is -0.476 e. The number of carbonyl (C=O) groups is 2. The molecule has 2 amide bonds. The highest BCUT2D eigenvalue weighted by Crippen LogP contribution is 1.99. The quantitative estimate of drug-likeness (QED) is 0.679. The number of aromatic carboxylic acids is 1. The number of amides is 2. The zero-order valence-corrected chi connectivity index (χ0v) is 10.6. The summed E-state index contributed by atoms with van der Waals surface area (Å²) in [5.74, 6) is -0.698. The number of nitrogens with one attached hydrogen (secondary N) is 2. The number of urea groups is 1. The van der Waals surface area contributed by atoms with Crippen LogP contribution in [0.1, 0.15) is 10.5 Å². The van der Waals surface area contributed by atoms with Gasteiger partial charge in [0.1, 0.15) is 0 Å². The third-order valence-electron chi connectivity index (χ3n) is 2.34. The highest BCUT2D eigenvalue weighted by Gasteiger charge is 2.08. The Morgan fingerprint density at radius 1 is 1.45 bits per heavy atom. The van der Waals surface area contributed by atoms with Crippen LogP contribution in [-0.2, 0) is 13.6 Å². The molecule has 2 aromatic heterocycles. The summed E-state index contributed by atoms with van der Waals surface area (Å²) in [5.41, 5.74) is -0.136. The number of carboxylic acid groups (broad SMARTS) is 1. The summed E-state index contributed by atoms with van der Waals surface area (Å²) in [7, 11) is 1.74. The monoisotopic (exact) mass is 279 g/mol. The molecule has 0 aliphatic carbocycles. The normalized spacial score (nSPS) is 10.2. The average molecular weight is 279 g/mol. The molecule has 2 rings (SSSR count).